The number of nitrogens with zero attached hydrogens (tertiary/aromatic N) is 1. The summed E-state index contributed by atoms with van der Waals surface area (Å²) in [6.45, 7) is 6.15. The number of amides is 3. The standard InChI is InChI=1S/C25H31N3O4/c1-4-17(3)23(27-25(32)26-20-11-7-8-16(2)12-20)24(31)28-15-19-10-6-5-9-18(19)13-21(28)14-22(29)30/h5-12,17,21,23H,4,13-15H2,1-3H3,(H,29,30)(H2,26,27,32)/t17?,21-,23?/m1/s1. The second kappa shape index (κ2) is 10.3. The number of anilines is 1. The maximum atomic E-state index is 13.6. The lowest BCUT2D eigenvalue weighted by Crippen LogP contribution is -2.56. The highest BCUT2D eigenvalue weighted by molar-refractivity contribution is 5.94. The van der Waals surface area contributed by atoms with E-state index >= 15 is 0 Å². The van der Waals surface area contributed by atoms with E-state index in [1.54, 1.807) is 11.0 Å². The number of fused-ring (bicyclic) bond motifs is 1. The van der Waals surface area contributed by atoms with E-state index in [0.29, 0.717) is 25.1 Å². The largest absolute Gasteiger partial charge is 0.481 e. The third kappa shape index (κ3) is 5.66. The van der Waals surface area contributed by atoms with Crippen LogP contribution >= 0.6 is 0 Å². The Morgan fingerprint density at radius 3 is 2.50 bits per heavy atom. The number of aryl methyl sites for hydroxylation is 1. The summed E-state index contributed by atoms with van der Waals surface area (Å²) in [5.74, 6) is -1.31. The number of hydrogen-bond acceptors (Lipinski definition) is 3. The first-order valence-corrected chi connectivity index (χ1v) is 11.0. The molecule has 2 aromatic carbocycles. The van der Waals surface area contributed by atoms with Crippen LogP contribution < -0.4 is 10.6 Å². The van der Waals surface area contributed by atoms with Crippen molar-refractivity contribution in [2.45, 2.75) is 58.7 Å². The number of aliphatic carboxylic acids is 1. The molecular formula is C25H31N3O4. The molecule has 0 bridgehead atoms. The smallest absolute Gasteiger partial charge is 0.319 e. The Bertz CT molecular complexity index is 991. The molecule has 0 spiro atoms. The number of benzene rings is 2. The quantitative estimate of drug-likeness (QED) is 0.611. The maximum Gasteiger partial charge on any atom is 0.319 e. The number of rotatable bonds is 7. The van der Waals surface area contributed by atoms with Gasteiger partial charge in [0, 0.05) is 18.3 Å². The fraction of sp³-hybridized carbons (Fsp3) is 0.400. The molecule has 2 aromatic rings. The van der Waals surface area contributed by atoms with Gasteiger partial charge < -0.3 is 20.6 Å². The molecule has 0 fully saturated rings. The van der Waals surface area contributed by atoms with Gasteiger partial charge in [-0.25, -0.2) is 4.79 Å². The molecule has 0 radical (unpaired) electrons. The zero-order valence-electron chi connectivity index (χ0n) is 18.8. The lowest BCUT2D eigenvalue weighted by molar-refractivity contribution is -0.143. The Morgan fingerprint density at radius 2 is 1.84 bits per heavy atom. The highest BCUT2D eigenvalue weighted by Gasteiger charge is 2.37. The minimum absolute atomic E-state index is 0.117. The summed E-state index contributed by atoms with van der Waals surface area (Å²) in [4.78, 5) is 39.5. The third-order valence-electron chi connectivity index (χ3n) is 6.09. The molecule has 32 heavy (non-hydrogen) atoms. The van der Waals surface area contributed by atoms with Crippen LogP contribution in [0.1, 0.15) is 43.4 Å². The van der Waals surface area contributed by atoms with Crippen LogP contribution in [0.5, 0.6) is 0 Å². The molecule has 0 saturated carbocycles. The fourth-order valence-corrected chi connectivity index (χ4v) is 4.12. The van der Waals surface area contributed by atoms with E-state index in [0.717, 1.165) is 16.7 Å². The Labute approximate surface area is 188 Å². The summed E-state index contributed by atoms with van der Waals surface area (Å²) in [6.07, 6.45) is 1.04. The van der Waals surface area contributed by atoms with Gasteiger partial charge in [0.2, 0.25) is 5.91 Å². The van der Waals surface area contributed by atoms with Crippen molar-refractivity contribution in [3.63, 3.8) is 0 Å². The zero-order valence-corrected chi connectivity index (χ0v) is 18.8. The van der Waals surface area contributed by atoms with Crippen LogP contribution in [0.4, 0.5) is 10.5 Å². The monoisotopic (exact) mass is 437 g/mol. The van der Waals surface area contributed by atoms with E-state index in [1.165, 1.54) is 0 Å². The van der Waals surface area contributed by atoms with Crippen LogP contribution in [0.25, 0.3) is 0 Å². The minimum Gasteiger partial charge on any atom is -0.481 e. The van der Waals surface area contributed by atoms with Gasteiger partial charge in [0.1, 0.15) is 6.04 Å². The first-order chi connectivity index (χ1) is 15.3. The molecule has 170 valence electrons. The summed E-state index contributed by atoms with van der Waals surface area (Å²) in [6, 6.07) is 13.5. The van der Waals surface area contributed by atoms with Crippen LogP contribution in [0.15, 0.2) is 48.5 Å². The summed E-state index contributed by atoms with van der Waals surface area (Å²) in [7, 11) is 0. The summed E-state index contributed by atoms with van der Waals surface area (Å²) < 4.78 is 0. The van der Waals surface area contributed by atoms with Crippen LogP contribution in [-0.2, 0) is 22.6 Å². The van der Waals surface area contributed by atoms with Gasteiger partial charge in [0.05, 0.1) is 6.42 Å². The highest BCUT2D eigenvalue weighted by atomic mass is 16.4. The fourth-order valence-electron chi connectivity index (χ4n) is 4.12. The molecule has 1 aliphatic heterocycles. The second-order valence-electron chi connectivity index (χ2n) is 8.52. The lowest BCUT2D eigenvalue weighted by Gasteiger charge is -2.39. The minimum atomic E-state index is -0.947. The Morgan fingerprint density at radius 1 is 1.12 bits per heavy atom. The number of hydrogen-bond donors (Lipinski definition) is 3. The average Bonchev–Trinajstić information content (AvgIpc) is 2.75. The number of carbonyl (C=O) groups is 3. The van der Waals surface area contributed by atoms with Crippen molar-refractivity contribution in [3.05, 3.63) is 65.2 Å². The van der Waals surface area contributed by atoms with Crippen LogP contribution in [0.2, 0.25) is 0 Å². The Hall–Kier alpha value is -3.35. The summed E-state index contributed by atoms with van der Waals surface area (Å²) in [5, 5.41) is 15.1. The molecule has 3 atom stereocenters. The number of nitrogens with one attached hydrogen (secondary N) is 2. The molecule has 1 heterocycles. The van der Waals surface area contributed by atoms with E-state index < -0.39 is 24.1 Å². The van der Waals surface area contributed by atoms with Gasteiger partial charge in [0.25, 0.3) is 0 Å². The Balaban J connectivity index is 1.81. The molecule has 0 saturated heterocycles. The molecule has 3 amide bonds. The van der Waals surface area contributed by atoms with Crippen molar-refractivity contribution in [2.24, 2.45) is 5.92 Å². The summed E-state index contributed by atoms with van der Waals surface area (Å²) >= 11 is 0. The highest BCUT2D eigenvalue weighted by Crippen LogP contribution is 2.27. The Kier molecular flexibility index (Phi) is 7.51. The predicted octanol–water partition coefficient (Wildman–Crippen LogP) is 3.96. The molecule has 7 nitrogen and oxygen atoms in total. The molecule has 3 rings (SSSR count). The van der Waals surface area contributed by atoms with Gasteiger partial charge in [0.15, 0.2) is 0 Å². The van der Waals surface area contributed by atoms with E-state index in [9.17, 15) is 19.5 Å². The van der Waals surface area contributed by atoms with Gasteiger partial charge in [-0.3, -0.25) is 9.59 Å². The zero-order chi connectivity index (χ0) is 23.3. The van der Waals surface area contributed by atoms with Crippen molar-refractivity contribution in [1.82, 2.24) is 10.2 Å². The van der Waals surface area contributed by atoms with Gasteiger partial charge in [-0.05, 0) is 48.1 Å². The number of carbonyl (C=O) groups excluding carboxylic acids is 2. The number of carboxylic acids is 1. The topological polar surface area (TPSA) is 98.7 Å². The van der Waals surface area contributed by atoms with E-state index in [2.05, 4.69) is 10.6 Å². The molecule has 3 N–H and O–H groups in total. The predicted molar refractivity (Wildman–Crippen MR) is 123 cm³/mol. The second-order valence-corrected chi connectivity index (χ2v) is 8.52. The first kappa shape index (κ1) is 23.3. The van der Waals surface area contributed by atoms with Gasteiger partial charge in [-0.1, -0.05) is 56.7 Å². The van der Waals surface area contributed by atoms with Gasteiger partial charge >= 0.3 is 12.0 Å². The molecule has 0 aliphatic carbocycles. The van der Waals surface area contributed by atoms with E-state index in [4.69, 9.17) is 0 Å². The van der Waals surface area contributed by atoms with Gasteiger partial charge in [-0.2, -0.15) is 0 Å². The summed E-state index contributed by atoms with van der Waals surface area (Å²) in [5.41, 5.74) is 3.73. The van der Waals surface area contributed by atoms with Crippen LogP contribution in [-0.4, -0.2) is 40.0 Å². The lowest BCUT2D eigenvalue weighted by atomic mass is 9.90. The van der Waals surface area contributed by atoms with Crippen molar-refractivity contribution in [3.8, 4) is 0 Å². The van der Waals surface area contributed by atoms with Crippen LogP contribution in [0, 0.1) is 12.8 Å². The van der Waals surface area contributed by atoms with E-state index in [1.807, 2.05) is 63.2 Å². The SMILES string of the molecule is CCC(C)C(NC(=O)Nc1cccc(C)c1)C(=O)N1Cc2ccccc2C[C@@H]1CC(=O)O. The first-order valence-electron chi connectivity index (χ1n) is 11.0. The molecular weight excluding hydrogens is 406 g/mol. The molecule has 1 aliphatic rings. The maximum absolute atomic E-state index is 13.6. The molecule has 2 unspecified atom stereocenters. The molecule has 7 heteroatoms. The normalized spacial score (nSPS) is 17.1. The molecule has 0 aromatic heterocycles. The van der Waals surface area contributed by atoms with Crippen molar-refractivity contribution in [2.75, 3.05) is 5.32 Å². The van der Waals surface area contributed by atoms with Crippen LogP contribution in [0.3, 0.4) is 0 Å². The number of carboxylic acid groups (broad SMARTS) is 1. The average molecular weight is 438 g/mol. The third-order valence-corrected chi connectivity index (χ3v) is 6.09. The van der Waals surface area contributed by atoms with Crippen molar-refractivity contribution in [1.29, 1.82) is 0 Å². The van der Waals surface area contributed by atoms with Gasteiger partial charge in [-0.15, -0.1) is 0 Å². The van der Waals surface area contributed by atoms with E-state index in [-0.39, 0.29) is 18.2 Å². The number of urea groups is 1. The van der Waals surface area contributed by atoms with Crippen molar-refractivity contribution < 1.29 is 19.5 Å². The van der Waals surface area contributed by atoms with Crippen molar-refractivity contribution >= 4 is 23.6 Å².